The summed E-state index contributed by atoms with van der Waals surface area (Å²) in [5.74, 6) is 0.311. The van der Waals surface area contributed by atoms with Crippen LogP contribution in [0.4, 0.5) is 16.0 Å². The molecule has 0 aliphatic carbocycles. The molecule has 4 rings (SSSR count). The maximum absolute atomic E-state index is 12.8. The third-order valence-corrected chi connectivity index (χ3v) is 4.56. The number of benzene rings is 1. The normalized spacial score (nSPS) is 11.2. The minimum Gasteiger partial charge on any atom is -0.324 e. The van der Waals surface area contributed by atoms with Crippen molar-refractivity contribution in [2.75, 3.05) is 12.0 Å². The van der Waals surface area contributed by atoms with E-state index in [-0.39, 0.29) is 12.1 Å². The summed E-state index contributed by atoms with van der Waals surface area (Å²) in [5.41, 5.74) is 4.19. The van der Waals surface area contributed by atoms with Crippen LogP contribution in [0.5, 0.6) is 0 Å². The van der Waals surface area contributed by atoms with Gasteiger partial charge in [-0.3, -0.25) is 18.9 Å². The molecule has 0 saturated carbocycles. The third-order valence-electron chi connectivity index (χ3n) is 4.56. The molecular weight excluding hydrogens is 361 g/mol. The molecule has 9 heteroatoms. The smallest absolute Gasteiger partial charge is 0.324 e. The molecular formula is C19H18FN7O. The summed E-state index contributed by atoms with van der Waals surface area (Å²) in [4.78, 5) is 29.9. The fraction of sp³-hybridized carbons (Fsp3) is 0.211. The largest absolute Gasteiger partial charge is 0.334 e. The Labute approximate surface area is 159 Å². The first-order valence-electron chi connectivity index (χ1n) is 8.66. The first-order valence-corrected chi connectivity index (χ1v) is 8.66. The minimum absolute atomic E-state index is 0.0498. The van der Waals surface area contributed by atoms with Gasteiger partial charge in [0.2, 0.25) is 5.95 Å². The number of halogens is 1. The Kier molecular flexibility index (Phi) is 4.34. The number of alkyl halides is 1. The molecule has 28 heavy (non-hydrogen) atoms. The zero-order valence-electron chi connectivity index (χ0n) is 15.5. The van der Waals surface area contributed by atoms with Crippen LogP contribution < -0.4 is 11.0 Å². The summed E-state index contributed by atoms with van der Waals surface area (Å²) >= 11 is 0. The number of hydrogen-bond donors (Lipinski definition) is 1. The number of imidazole rings is 1. The van der Waals surface area contributed by atoms with Gasteiger partial charge in [0.15, 0.2) is 5.65 Å². The molecule has 0 fully saturated rings. The monoisotopic (exact) mass is 379 g/mol. The highest BCUT2D eigenvalue weighted by Gasteiger charge is 2.16. The Morgan fingerprint density at radius 3 is 2.64 bits per heavy atom. The maximum Gasteiger partial charge on any atom is 0.334 e. The van der Waals surface area contributed by atoms with Crippen LogP contribution in [0, 0.1) is 6.92 Å². The third kappa shape index (κ3) is 2.90. The Balaban J connectivity index is 1.80. The van der Waals surface area contributed by atoms with Gasteiger partial charge in [-0.1, -0.05) is 6.58 Å². The van der Waals surface area contributed by atoms with Crippen LogP contribution in [0.2, 0.25) is 0 Å². The molecule has 0 spiro atoms. The lowest BCUT2D eigenvalue weighted by atomic mass is 10.1. The molecule has 0 amide bonds. The van der Waals surface area contributed by atoms with E-state index in [4.69, 9.17) is 0 Å². The molecule has 0 unspecified atom stereocenters. The summed E-state index contributed by atoms with van der Waals surface area (Å²) < 4.78 is 15.5. The van der Waals surface area contributed by atoms with E-state index in [1.807, 2.05) is 19.1 Å². The van der Waals surface area contributed by atoms with E-state index in [2.05, 4.69) is 31.8 Å². The lowest BCUT2D eigenvalue weighted by Crippen LogP contribution is -2.21. The van der Waals surface area contributed by atoms with Gasteiger partial charge in [0, 0.05) is 37.2 Å². The summed E-state index contributed by atoms with van der Waals surface area (Å²) in [5, 5.41) is 3.16. The van der Waals surface area contributed by atoms with Gasteiger partial charge in [-0.05, 0) is 24.6 Å². The highest BCUT2D eigenvalue weighted by atomic mass is 19.1. The Bertz CT molecular complexity index is 1270. The first kappa shape index (κ1) is 17.8. The predicted octanol–water partition coefficient (Wildman–Crippen LogP) is 2.96. The van der Waals surface area contributed by atoms with Gasteiger partial charge in [0.25, 0.3) is 0 Å². The number of aryl methyl sites for hydroxylation is 2. The van der Waals surface area contributed by atoms with Crippen molar-refractivity contribution in [2.45, 2.75) is 13.3 Å². The van der Waals surface area contributed by atoms with Gasteiger partial charge in [-0.25, -0.2) is 14.3 Å². The molecule has 4 aromatic rings. The molecule has 1 aromatic carbocycles. The molecule has 3 heterocycles. The van der Waals surface area contributed by atoms with Crippen LogP contribution in [0.15, 0.2) is 42.1 Å². The van der Waals surface area contributed by atoms with Crippen LogP contribution in [-0.4, -0.2) is 35.7 Å². The molecule has 3 aromatic heterocycles. The van der Waals surface area contributed by atoms with Crippen LogP contribution in [0.3, 0.4) is 0 Å². The van der Waals surface area contributed by atoms with E-state index in [0.717, 1.165) is 22.3 Å². The van der Waals surface area contributed by atoms with E-state index < -0.39 is 6.67 Å². The molecule has 0 radical (unpaired) electrons. The standard InChI is InChI=1S/C19H18FN7O/c1-11-8-14-15(22-7-6-21-14)9-13(11)24-18-23-10-16-17(25-18)27(12(2)4-5-20)19(28)26(16)3/h6-10H,2,4-5H2,1,3H3,(H,23,24,25). The van der Waals surface area contributed by atoms with Gasteiger partial charge in [0.1, 0.15) is 5.52 Å². The number of fused-ring (bicyclic) bond motifs is 2. The van der Waals surface area contributed by atoms with E-state index >= 15 is 0 Å². The first-order chi connectivity index (χ1) is 13.5. The van der Waals surface area contributed by atoms with Crippen molar-refractivity contribution in [2.24, 2.45) is 7.05 Å². The number of rotatable bonds is 5. The van der Waals surface area contributed by atoms with Crippen molar-refractivity contribution in [1.82, 2.24) is 29.1 Å². The van der Waals surface area contributed by atoms with Crippen LogP contribution in [0.25, 0.3) is 27.9 Å². The van der Waals surface area contributed by atoms with Gasteiger partial charge < -0.3 is 5.32 Å². The van der Waals surface area contributed by atoms with Crippen molar-refractivity contribution < 1.29 is 4.39 Å². The van der Waals surface area contributed by atoms with Crippen LogP contribution >= 0.6 is 0 Å². The predicted molar refractivity (Wildman–Crippen MR) is 106 cm³/mol. The molecule has 0 saturated heterocycles. The Morgan fingerprint density at radius 1 is 1.21 bits per heavy atom. The van der Waals surface area contributed by atoms with E-state index in [0.29, 0.717) is 22.8 Å². The zero-order chi connectivity index (χ0) is 19.8. The maximum atomic E-state index is 12.8. The number of anilines is 2. The summed E-state index contributed by atoms with van der Waals surface area (Å²) in [6.07, 6.45) is 4.88. The Morgan fingerprint density at radius 2 is 1.93 bits per heavy atom. The highest BCUT2D eigenvalue weighted by Crippen LogP contribution is 2.24. The van der Waals surface area contributed by atoms with Gasteiger partial charge in [-0.2, -0.15) is 4.98 Å². The number of aromatic nitrogens is 6. The summed E-state index contributed by atoms with van der Waals surface area (Å²) in [6.45, 7) is 5.15. The van der Waals surface area contributed by atoms with Gasteiger partial charge >= 0.3 is 5.69 Å². The quantitative estimate of drug-likeness (QED) is 0.573. The zero-order valence-corrected chi connectivity index (χ0v) is 15.5. The molecule has 0 atom stereocenters. The highest BCUT2D eigenvalue weighted by molar-refractivity contribution is 5.82. The van der Waals surface area contributed by atoms with Crippen molar-refractivity contribution >= 4 is 39.5 Å². The van der Waals surface area contributed by atoms with Gasteiger partial charge in [-0.15, -0.1) is 0 Å². The van der Waals surface area contributed by atoms with Crippen molar-refractivity contribution in [1.29, 1.82) is 0 Å². The van der Waals surface area contributed by atoms with Crippen molar-refractivity contribution in [3.8, 4) is 0 Å². The number of nitrogens with zero attached hydrogens (tertiary/aromatic N) is 6. The van der Waals surface area contributed by atoms with E-state index in [1.54, 1.807) is 25.6 Å². The summed E-state index contributed by atoms with van der Waals surface area (Å²) in [6, 6.07) is 3.79. The number of hydrogen-bond acceptors (Lipinski definition) is 6. The second-order valence-electron chi connectivity index (χ2n) is 6.42. The van der Waals surface area contributed by atoms with E-state index in [9.17, 15) is 9.18 Å². The topological polar surface area (TPSA) is 90.5 Å². The SMILES string of the molecule is C=C(CCF)n1c(=O)n(C)c2cnc(Nc3cc4nccnc4cc3C)nc21. The van der Waals surface area contributed by atoms with Crippen LogP contribution in [0.1, 0.15) is 12.0 Å². The van der Waals surface area contributed by atoms with Gasteiger partial charge in [0.05, 0.1) is 23.9 Å². The molecule has 0 bridgehead atoms. The number of allylic oxidation sites excluding steroid dienone is 1. The van der Waals surface area contributed by atoms with E-state index in [1.165, 1.54) is 9.13 Å². The second-order valence-corrected chi connectivity index (χ2v) is 6.42. The second kappa shape index (κ2) is 6.84. The molecule has 8 nitrogen and oxygen atoms in total. The Hall–Kier alpha value is -3.62. The average molecular weight is 379 g/mol. The lowest BCUT2D eigenvalue weighted by Gasteiger charge is -2.10. The molecule has 1 N–H and O–H groups in total. The fourth-order valence-electron chi connectivity index (χ4n) is 3.05. The van der Waals surface area contributed by atoms with Crippen molar-refractivity contribution in [3.05, 3.63) is 53.3 Å². The summed E-state index contributed by atoms with van der Waals surface area (Å²) in [7, 11) is 1.62. The lowest BCUT2D eigenvalue weighted by molar-refractivity contribution is 0.500. The molecule has 142 valence electrons. The minimum atomic E-state index is -0.602. The molecule has 0 aliphatic rings. The average Bonchev–Trinajstić information content (AvgIpc) is 2.93. The van der Waals surface area contributed by atoms with Crippen LogP contribution in [-0.2, 0) is 7.05 Å². The van der Waals surface area contributed by atoms with Crippen molar-refractivity contribution in [3.63, 3.8) is 0 Å². The fourth-order valence-corrected chi connectivity index (χ4v) is 3.05. The molecule has 0 aliphatic heterocycles. The number of nitrogens with one attached hydrogen (secondary N) is 1.